The van der Waals surface area contributed by atoms with E-state index in [2.05, 4.69) is 15.2 Å². The quantitative estimate of drug-likeness (QED) is 0.487. The van der Waals surface area contributed by atoms with E-state index in [-0.39, 0.29) is 5.91 Å². The van der Waals surface area contributed by atoms with Crippen LogP contribution >= 0.6 is 23.1 Å². The lowest BCUT2D eigenvalue weighted by molar-refractivity contribution is 0.103. The Morgan fingerprint density at radius 1 is 1.25 bits per heavy atom. The van der Waals surface area contributed by atoms with Crippen molar-refractivity contribution in [1.29, 1.82) is 0 Å². The van der Waals surface area contributed by atoms with Crippen LogP contribution in [0.4, 0.5) is 11.5 Å². The summed E-state index contributed by atoms with van der Waals surface area (Å²) < 4.78 is 5.37. The number of ether oxygens (including phenoxy) is 1. The number of hydrogen-bond acceptors (Lipinski definition) is 7. The van der Waals surface area contributed by atoms with E-state index in [1.807, 2.05) is 37.4 Å². The van der Waals surface area contributed by atoms with Crippen molar-refractivity contribution in [2.24, 2.45) is 0 Å². The minimum atomic E-state index is -0.162. The minimum Gasteiger partial charge on any atom is -0.495 e. The molecule has 1 aliphatic rings. The van der Waals surface area contributed by atoms with E-state index in [1.165, 1.54) is 35.9 Å². The number of hydrogen-bond donors (Lipinski definition) is 1. The molecule has 0 spiro atoms. The molecule has 0 aliphatic carbocycles. The highest BCUT2D eigenvalue weighted by Crippen LogP contribution is 2.35. The van der Waals surface area contributed by atoms with E-state index < -0.39 is 0 Å². The highest BCUT2D eigenvalue weighted by molar-refractivity contribution is 7.98. The van der Waals surface area contributed by atoms with Crippen molar-refractivity contribution in [3.63, 3.8) is 0 Å². The van der Waals surface area contributed by atoms with Gasteiger partial charge in [0.05, 0.1) is 23.1 Å². The monoisotopic (exact) mass is 414 g/mol. The second-order valence-corrected chi connectivity index (χ2v) is 8.52. The first kappa shape index (κ1) is 19.0. The molecule has 1 aliphatic heterocycles. The standard InChI is InChI=1S/C20H22N4O2S2/c1-12-6-7-15(26-2)14(10-12)21-18(25)16-11-13-17(24-8-4-5-9-24)22-20(27-3)23-19(13)28-16/h6-7,10-11H,4-5,8-9H2,1-3H3,(H,21,25). The minimum absolute atomic E-state index is 0.162. The van der Waals surface area contributed by atoms with Crippen LogP contribution in [-0.4, -0.2) is 42.3 Å². The molecule has 4 rings (SSSR count). The number of nitrogens with zero attached hydrogens (tertiary/aromatic N) is 3. The fraction of sp³-hybridized carbons (Fsp3) is 0.350. The number of benzene rings is 1. The number of aryl methyl sites for hydroxylation is 1. The molecule has 1 aromatic carbocycles. The molecule has 0 saturated carbocycles. The summed E-state index contributed by atoms with van der Waals surface area (Å²) in [7, 11) is 1.60. The lowest BCUT2D eigenvalue weighted by Gasteiger charge is -2.17. The van der Waals surface area contributed by atoms with E-state index in [1.54, 1.807) is 7.11 Å². The second kappa shape index (κ2) is 7.97. The summed E-state index contributed by atoms with van der Waals surface area (Å²) in [4.78, 5) is 26.0. The van der Waals surface area contributed by atoms with Crippen molar-refractivity contribution in [3.8, 4) is 5.75 Å². The summed E-state index contributed by atoms with van der Waals surface area (Å²) in [5.74, 6) is 1.42. The SMILES string of the molecule is COc1ccc(C)cc1NC(=O)c1cc2c(N3CCCC3)nc(SC)nc2s1. The summed E-state index contributed by atoms with van der Waals surface area (Å²) >= 11 is 2.92. The lowest BCUT2D eigenvalue weighted by Crippen LogP contribution is -2.19. The second-order valence-electron chi connectivity index (χ2n) is 6.72. The predicted molar refractivity (Wildman–Crippen MR) is 116 cm³/mol. The van der Waals surface area contributed by atoms with Gasteiger partial charge >= 0.3 is 0 Å². The van der Waals surface area contributed by atoms with Crippen molar-refractivity contribution < 1.29 is 9.53 Å². The summed E-state index contributed by atoms with van der Waals surface area (Å²) in [6.07, 6.45) is 4.32. The Hall–Kier alpha value is -2.32. The largest absolute Gasteiger partial charge is 0.495 e. The van der Waals surface area contributed by atoms with Gasteiger partial charge in [-0.3, -0.25) is 4.79 Å². The molecule has 8 heteroatoms. The lowest BCUT2D eigenvalue weighted by atomic mass is 10.2. The zero-order valence-electron chi connectivity index (χ0n) is 16.1. The normalized spacial score (nSPS) is 13.9. The molecule has 0 unspecified atom stereocenters. The van der Waals surface area contributed by atoms with Gasteiger partial charge in [-0.05, 0) is 49.8 Å². The van der Waals surface area contributed by atoms with E-state index >= 15 is 0 Å². The highest BCUT2D eigenvalue weighted by atomic mass is 32.2. The average Bonchev–Trinajstić information content (AvgIpc) is 3.37. The maximum Gasteiger partial charge on any atom is 0.265 e. The first-order chi connectivity index (χ1) is 13.6. The maximum atomic E-state index is 12.9. The van der Waals surface area contributed by atoms with Crippen LogP contribution < -0.4 is 15.0 Å². The number of methoxy groups -OCH3 is 1. The fourth-order valence-corrected chi connectivity index (χ4v) is 4.70. The Balaban J connectivity index is 1.70. The van der Waals surface area contributed by atoms with Crippen LogP contribution in [0.5, 0.6) is 5.75 Å². The van der Waals surface area contributed by atoms with Crippen LogP contribution in [0.25, 0.3) is 10.2 Å². The van der Waals surface area contributed by atoms with Crippen molar-refractivity contribution in [2.75, 3.05) is 36.7 Å². The number of nitrogens with one attached hydrogen (secondary N) is 1. The highest BCUT2D eigenvalue weighted by Gasteiger charge is 2.22. The van der Waals surface area contributed by atoms with Gasteiger partial charge in [-0.2, -0.15) is 0 Å². The number of aromatic nitrogens is 2. The van der Waals surface area contributed by atoms with Gasteiger partial charge in [-0.1, -0.05) is 17.8 Å². The molecule has 1 saturated heterocycles. The number of thioether (sulfide) groups is 1. The van der Waals surface area contributed by atoms with Crippen LogP contribution in [0.1, 0.15) is 28.1 Å². The van der Waals surface area contributed by atoms with Gasteiger partial charge in [0.15, 0.2) is 5.16 Å². The molecule has 1 N–H and O–H groups in total. The van der Waals surface area contributed by atoms with Crippen molar-refractivity contribution in [1.82, 2.24) is 9.97 Å². The zero-order valence-corrected chi connectivity index (χ0v) is 17.7. The topological polar surface area (TPSA) is 67.3 Å². The maximum absolute atomic E-state index is 12.9. The van der Waals surface area contributed by atoms with Crippen molar-refractivity contribution >= 4 is 50.7 Å². The molecule has 146 valence electrons. The Morgan fingerprint density at radius 2 is 2.04 bits per heavy atom. The van der Waals surface area contributed by atoms with Gasteiger partial charge in [-0.15, -0.1) is 11.3 Å². The molecule has 1 amide bonds. The molecule has 1 fully saturated rings. The molecule has 2 aromatic heterocycles. The summed E-state index contributed by atoms with van der Waals surface area (Å²) in [5.41, 5.74) is 1.72. The van der Waals surface area contributed by atoms with Gasteiger partial charge in [-0.25, -0.2) is 9.97 Å². The average molecular weight is 415 g/mol. The number of carbonyl (C=O) groups is 1. The molecule has 0 radical (unpaired) electrons. The molecule has 28 heavy (non-hydrogen) atoms. The number of rotatable bonds is 5. The summed E-state index contributed by atoms with van der Waals surface area (Å²) in [6.45, 7) is 3.98. The molecule has 6 nitrogen and oxygen atoms in total. The Bertz CT molecular complexity index is 1030. The molecule has 0 bridgehead atoms. The predicted octanol–water partition coefficient (Wildman–Crippen LogP) is 4.58. The summed E-state index contributed by atoms with van der Waals surface area (Å²) in [5, 5.41) is 4.67. The number of thiophene rings is 1. The number of anilines is 2. The van der Waals surface area contributed by atoms with Gasteiger partial charge in [0, 0.05) is 13.1 Å². The Morgan fingerprint density at radius 3 is 2.75 bits per heavy atom. The molecular formula is C20H22N4O2S2. The van der Waals surface area contributed by atoms with Gasteiger partial charge in [0.25, 0.3) is 5.91 Å². The van der Waals surface area contributed by atoms with Crippen LogP contribution in [0.15, 0.2) is 29.4 Å². The third-order valence-electron chi connectivity index (χ3n) is 4.77. The fourth-order valence-electron chi connectivity index (χ4n) is 3.36. The van der Waals surface area contributed by atoms with E-state index in [9.17, 15) is 4.79 Å². The zero-order chi connectivity index (χ0) is 19.7. The van der Waals surface area contributed by atoms with Crippen LogP contribution in [0.3, 0.4) is 0 Å². The Kier molecular flexibility index (Phi) is 5.41. The van der Waals surface area contributed by atoms with E-state index in [4.69, 9.17) is 9.72 Å². The first-order valence-electron chi connectivity index (χ1n) is 9.15. The molecule has 3 heterocycles. The van der Waals surface area contributed by atoms with Crippen molar-refractivity contribution in [2.45, 2.75) is 24.9 Å². The smallest absolute Gasteiger partial charge is 0.265 e. The third-order valence-corrected chi connectivity index (χ3v) is 6.34. The van der Waals surface area contributed by atoms with Crippen molar-refractivity contribution in [3.05, 3.63) is 34.7 Å². The molecular weight excluding hydrogens is 392 g/mol. The first-order valence-corrected chi connectivity index (χ1v) is 11.2. The Labute approximate surface area is 172 Å². The van der Waals surface area contributed by atoms with E-state index in [0.717, 1.165) is 39.8 Å². The number of amides is 1. The van der Waals surface area contributed by atoms with Gasteiger partial charge in [0.1, 0.15) is 16.4 Å². The number of fused-ring (bicyclic) bond motifs is 1. The van der Waals surface area contributed by atoms with Gasteiger partial charge in [0.2, 0.25) is 0 Å². The van der Waals surface area contributed by atoms with Crippen LogP contribution in [0, 0.1) is 6.92 Å². The third kappa shape index (κ3) is 3.66. The van der Waals surface area contributed by atoms with E-state index in [0.29, 0.717) is 16.3 Å². The van der Waals surface area contributed by atoms with Crippen LogP contribution in [-0.2, 0) is 0 Å². The van der Waals surface area contributed by atoms with Crippen LogP contribution in [0.2, 0.25) is 0 Å². The molecule has 3 aromatic rings. The number of carbonyl (C=O) groups excluding carboxylic acids is 1. The molecule has 0 atom stereocenters. The summed E-state index contributed by atoms with van der Waals surface area (Å²) in [6, 6.07) is 7.63. The van der Waals surface area contributed by atoms with Gasteiger partial charge < -0.3 is 15.0 Å².